The van der Waals surface area contributed by atoms with E-state index in [-0.39, 0.29) is 0 Å². The van der Waals surface area contributed by atoms with Gasteiger partial charge < -0.3 is 9.84 Å². The summed E-state index contributed by atoms with van der Waals surface area (Å²) in [5, 5.41) is 10.4. The van der Waals surface area contributed by atoms with Gasteiger partial charge in [0.1, 0.15) is 5.75 Å². The molecule has 2 rings (SSSR count). The Morgan fingerprint density at radius 3 is 2.57 bits per heavy atom. The maximum Gasteiger partial charge on any atom is 0.124 e. The third kappa shape index (κ3) is 1.50. The van der Waals surface area contributed by atoms with Crippen LogP contribution in [0.15, 0.2) is 24.3 Å². The van der Waals surface area contributed by atoms with Gasteiger partial charge >= 0.3 is 0 Å². The second kappa shape index (κ2) is 3.28. The molecule has 1 aliphatic rings. The van der Waals surface area contributed by atoms with Crippen LogP contribution in [0.1, 0.15) is 25.3 Å². The summed E-state index contributed by atoms with van der Waals surface area (Å²) in [6.45, 7) is 1.88. The zero-order valence-electron chi connectivity index (χ0n) is 8.66. The van der Waals surface area contributed by atoms with Gasteiger partial charge in [-0.2, -0.15) is 0 Å². The first-order valence-corrected chi connectivity index (χ1v) is 5.02. The van der Waals surface area contributed by atoms with Gasteiger partial charge in [-0.05, 0) is 31.7 Å². The average Bonchev–Trinajstić information content (AvgIpc) is 3.01. The molecule has 0 radical (unpaired) electrons. The molecule has 2 nitrogen and oxygen atoms in total. The molecule has 1 aromatic rings. The summed E-state index contributed by atoms with van der Waals surface area (Å²) in [5.74, 6) is 1.18. The van der Waals surface area contributed by atoms with Crippen LogP contribution in [0.5, 0.6) is 5.75 Å². The first kappa shape index (κ1) is 9.53. The summed E-state index contributed by atoms with van der Waals surface area (Å²) in [6.07, 6.45) is 2.23. The van der Waals surface area contributed by atoms with Gasteiger partial charge in [-0.25, -0.2) is 0 Å². The van der Waals surface area contributed by atoms with E-state index in [0.717, 1.165) is 24.2 Å². The van der Waals surface area contributed by atoms with E-state index >= 15 is 0 Å². The normalized spacial score (nSPS) is 20.2. The van der Waals surface area contributed by atoms with Crippen molar-refractivity contribution in [3.63, 3.8) is 0 Å². The highest BCUT2D eigenvalue weighted by Gasteiger charge is 2.42. The molecule has 1 N–H and O–H groups in total. The van der Waals surface area contributed by atoms with Crippen molar-refractivity contribution < 1.29 is 9.84 Å². The lowest BCUT2D eigenvalue weighted by molar-refractivity contribution is 0.0307. The lowest BCUT2D eigenvalue weighted by atomic mass is 9.90. The highest BCUT2D eigenvalue weighted by atomic mass is 16.5. The maximum atomic E-state index is 10.4. The summed E-state index contributed by atoms with van der Waals surface area (Å²) >= 11 is 0. The highest BCUT2D eigenvalue weighted by Crippen LogP contribution is 2.47. The van der Waals surface area contributed by atoms with Crippen LogP contribution >= 0.6 is 0 Å². The number of hydrogen-bond acceptors (Lipinski definition) is 2. The van der Waals surface area contributed by atoms with Gasteiger partial charge in [-0.15, -0.1) is 0 Å². The predicted octanol–water partition coefficient (Wildman–Crippen LogP) is 2.31. The molecule has 0 bridgehead atoms. The largest absolute Gasteiger partial charge is 0.496 e. The Hall–Kier alpha value is -1.02. The molecule has 2 heteroatoms. The zero-order valence-corrected chi connectivity index (χ0v) is 8.66. The van der Waals surface area contributed by atoms with E-state index < -0.39 is 5.60 Å². The molecular weight excluding hydrogens is 176 g/mol. The highest BCUT2D eigenvalue weighted by molar-refractivity contribution is 5.38. The minimum absolute atomic E-state index is 0.402. The molecule has 14 heavy (non-hydrogen) atoms. The molecule has 0 aromatic heterocycles. The van der Waals surface area contributed by atoms with Crippen LogP contribution in [-0.4, -0.2) is 12.2 Å². The second-order valence-corrected chi connectivity index (χ2v) is 4.12. The Bertz CT molecular complexity index is 327. The second-order valence-electron chi connectivity index (χ2n) is 4.12. The van der Waals surface area contributed by atoms with Gasteiger partial charge in [-0.3, -0.25) is 0 Å². The molecule has 1 aliphatic carbocycles. The summed E-state index contributed by atoms with van der Waals surface area (Å²) in [6, 6.07) is 7.70. The number of methoxy groups -OCH3 is 1. The molecule has 1 saturated carbocycles. The fourth-order valence-electron chi connectivity index (χ4n) is 1.93. The van der Waals surface area contributed by atoms with Crippen LogP contribution in [0.3, 0.4) is 0 Å². The van der Waals surface area contributed by atoms with Crippen molar-refractivity contribution in [2.75, 3.05) is 7.11 Å². The molecule has 1 unspecified atom stereocenters. The number of aliphatic hydroxyl groups is 1. The molecule has 1 atom stereocenters. The van der Waals surface area contributed by atoms with E-state index in [9.17, 15) is 5.11 Å². The van der Waals surface area contributed by atoms with Crippen LogP contribution in [0.4, 0.5) is 0 Å². The Kier molecular flexibility index (Phi) is 2.23. The number of benzene rings is 1. The third-order valence-electron chi connectivity index (χ3n) is 3.02. The molecule has 0 saturated heterocycles. The standard InChI is InChI=1S/C12H16O2/c1-12(13,9-7-8-9)10-5-3-4-6-11(10)14-2/h3-6,9,13H,7-8H2,1-2H3. The minimum atomic E-state index is -0.730. The topological polar surface area (TPSA) is 29.5 Å². The Morgan fingerprint density at radius 2 is 2.00 bits per heavy atom. The van der Waals surface area contributed by atoms with Gasteiger partial charge in [0.2, 0.25) is 0 Å². The Labute approximate surface area is 84.5 Å². The molecule has 1 fully saturated rings. The lowest BCUT2D eigenvalue weighted by Crippen LogP contribution is -2.24. The van der Waals surface area contributed by atoms with Crippen molar-refractivity contribution in [2.24, 2.45) is 5.92 Å². The molecule has 0 amide bonds. The van der Waals surface area contributed by atoms with Crippen LogP contribution in [0.2, 0.25) is 0 Å². The fourth-order valence-corrected chi connectivity index (χ4v) is 1.93. The van der Waals surface area contributed by atoms with Gasteiger partial charge in [0, 0.05) is 5.56 Å². The number of para-hydroxylation sites is 1. The van der Waals surface area contributed by atoms with Gasteiger partial charge in [0.05, 0.1) is 12.7 Å². The van der Waals surface area contributed by atoms with Crippen molar-refractivity contribution in [3.05, 3.63) is 29.8 Å². The monoisotopic (exact) mass is 192 g/mol. The molecule has 0 aliphatic heterocycles. The van der Waals surface area contributed by atoms with Gasteiger partial charge in [0.25, 0.3) is 0 Å². The van der Waals surface area contributed by atoms with E-state index in [1.54, 1.807) is 7.11 Å². The molecule has 0 spiro atoms. The first-order valence-electron chi connectivity index (χ1n) is 5.02. The molecule has 0 heterocycles. The quantitative estimate of drug-likeness (QED) is 0.796. The summed E-state index contributed by atoms with van der Waals surface area (Å²) in [4.78, 5) is 0. The summed E-state index contributed by atoms with van der Waals surface area (Å²) < 4.78 is 5.25. The Balaban J connectivity index is 2.38. The van der Waals surface area contributed by atoms with Crippen LogP contribution in [-0.2, 0) is 5.60 Å². The summed E-state index contributed by atoms with van der Waals surface area (Å²) in [5.41, 5.74) is 0.178. The molecular formula is C12H16O2. The van der Waals surface area contributed by atoms with E-state index in [4.69, 9.17) is 4.74 Å². The van der Waals surface area contributed by atoms with Crippen molar-refractivity contribution in [1.82, 2.24) is 0 Å². The molecule has 76 valence electrons. The van der Waals surface area contributed by atoms with Gasteiger partial charge in [-0.1, -0.05) is 18.2 Å². The summed E-state index contributed by atoms with van der Waals surface area (Å²) in [7, 11) is 1.64. The molecule has 1 aromatic carbocycles. The minimum Gasteiger partial charge on any atom is -0.496 e. The van der Waals surface area contributed by atoms with Crippen molar-refractivity contribution >= 4 is 0 Å². The van der Waals surface area contributed by atoms with Crippen LogP contribution in [0, 0.1) is 5.92 Å². The third-order valence-corrected chi connectivity index (χ3v) is 3.02. The SMILES string of the molecule is COc1ccccc1C(C)(O)C1CC1. The van der Waals surface area contributed by atoms with Crippen LogP contribution < -0.4 is 4.74 Å². The van der Waals surface area contributed by atoms with E-state index in [0.29, 0.717) is 5.92 Å². The lowest BCUT2D eigenvalue weighted by Gasteiger charge is -2.25. The average molecular weight is 192 g/mol. The Morgan fingerprint density at radius 1 is 1.36 bits per heavy atom. The van der Waals surface area contributed by atoms with E-state index in [1.807, 2.05) is 31.2 Å². The number of rotatable bonds is 3. The smallest absolute Gasteiger partial charge is 0.124 e. The van der Waals surface area contributed by atoms with Gasteiger partial charge in [0.15, 0.2) is 0 Å². The number of hydrogen-bond donors (Lipinski definition) is 1. The fraction of sp³-hybridized carbons (Fsp3) is 0.500. The van der Waals surface area contributed by atoms with Crippen molar-refractivity contribution in [2.45, 2.75) is 25.4 Å². The van der Waals surface area contributed by atoms with Crippen molar-refractivity contribution in [1.29, 1.82) is 0 Å². The predicted molar refractivity (Wildman–Crippen MR) is 55.3 cm³/mol. The number of ether oxygens (including phenoxy) is 1. The zero-order chi connectivity index (χ0) is 10.2. The van der Waals surface area contributed by atoms with Crippen molar-refractivity contribution in [3.8, 4) is 5.75 Å². The maximum absolute atomic E-state index is 10.4. The van der Waals surface area contributed by atoms with Crippen LogP contribution in [0.25, 0.3) is 0 Å². The van der Waals surface area contributed by atoms with E-state index in [1.165, 1.54) is 0 Å². The first-order chi connectivity index (χ1) is 6.66. The van der Waals surface area contributed by atoms with E-state index in [2.05, 4.69) is 0 Å².